The van der Waals surface area contributed by atoms with E-state index in [1.165, 1.54) is 24.5 Å². The predicted molar refractivity (Wildman–Crippen MR) is 259 cm³/mol. The zero-order chi connectivity index (χ0) is 46.6. The van der Waals surface area contributed by atoms with Crippen molar-refractivity contribution in [1.82, 2.24) is 19.9 Å². The summed E-state index contributed by atoms with van der Waals surface area (Å²) in [6, 6.07) is 13.5. The molecule has 2 fully saturated rings. The van der Waals surface area contributed by atoms with E-state index in [0.717, 1.165) is 75.0 Å². The number of halogens is 2. The number of amides is 1. The van der Waals surface area contributed by atoms with Crippen LogP contribution < -0.4 is 29.7 Å². The van der Waals surface area contributed by atoms with Gasteiger partial charge in [-0.3, -0.25) is 9.59 Å². The van der Waals surface area contributed by atoms with Crippen LogP contribution in [0.2, 0.25) is 36.3 Å². The van der Waals surface area contributed by atoms with Crippen molar-refractivity contribution in [3.8, 4) is 11.5 Å². The molecule has 13 nitrogen and oxygen atoms in total. The first-order valence-electron chi connectivity index (χ1n) is 21.7. The van der Waals surface area contributed by atoms with Crippen LogP contribution >= 0.6 is 0 Å². The minimum absolute atomic E-state index is 0. The normalized spacial score (nSPS) is 15.1. The fourth-order valence-corrected chi connectivity index (χ4v) is 8.44. The molecule has 2 aliphatic rings. The van der Waals surface area contributed by atoms with Gasteiger partial charge in [-0.2, -0.15) is 0 Å². The van der Waals surface area contributed by atoms with E-state index in [2.05, 4.69) is 103 Å². The summed E-state index contributed by atoms with van der Waals surface area (Å²) in [5.41, 5.74) is 5.52. The minimum Gasteiger partial charge on any atom is -0.542 e. The lowest BCUT2D eigenvalue weighted by molar-refractivity contribution is -0.138. The molecule has 0 aliphatic carbocycles. The van der Waals surface area contributed by atoms with Crippen molar-refractivity contribution in [3.63, 3.8) is 0 Å². The smallest absolute Gasteiger partial charge is 0.303 e. The molecule has 2 aliphatic heterocycles. The number of nitrogens with one attached hydrogen (secondary N) is 1. The Kier molecular flexibility index (Phi) is 19.2. The van der Waals surface area contributed by atoms with Gasteiger partial charge in [-0.25, -0.2) is 28.7 Å². The monoisotopic (exact) mass is 923 g/mol. The molecule has 64 heavy (non-hydrogen) atoms. The van der Waals surface area contributed by atoms with Crippen molar-refractivity contribution < 1.29 is 32.3 Å². The van der Waals surface area contributed by atoms with Crippen LogP contribution in [0.4, 0.5) is 32.1 Å². The first-order chi connectivity index (χ1) is 29.4. The van der Waals surface area contributed by atoms with Crippen LogP contribution in [0.25, 0.3) is 0 Å². The molecule has 0 radical (unpaired) electrons. The van der Waals surface area contributed by atoms with Gasteiger partial charge < -0.3 is 34.8 Å². The molecule has 0 saturated carbocycles. The third-order valence-corrected chi connectivity index (χ3v) is 21.1. The molecule has 0 aromatic carbocycles. The number of hydrogen-bond donors (Lipinski definition) is 3. The molecule has 17 heteroatoms. The van der Waals surface area contributed by atoms with E-state index in [0.29, 0.717) is 24.0 Å². The van der Waals surface area contributed by atoms with E-state index in [4.69, 9.17) is 19.7 Å². The van der Waals surface area contributed by atoms with E-state index in [9.17, 15) is 18.4 Å². The van der Waals surface area contributed by atoms with Crippen LogP contribution in [0, 0.1) is 23.5 Å². The average Bonchev–Trinajstić information content (AvgIpc) is 3.20. The number of carbonyl (C=O) groups excluding carboxylic acids is 1. The van der Waals surface area contributed by atoms with Gasteiger partial charge in [0.05, 0.1) is 24.8 Å². The Morgan fingerprint density at radius 3 is 1.44 bits per heavy atom. The summed E-state index contributed by atoms with van der Waals surface area (Å²) < 4.78 is 38.0. The Hall–Kier alpha value is -5.17. The van der Waals surface area contributed by atoms with Gasteiger partial charge in [0.1, 0.15) is 46.4 Å². The molecule has 6 rings (SSSR count). The number of nitrogen functional groups attached to an aromatic ring is 1. The summed E-state index contributed by atoms with van der Waals surface area (Å²) in [7, 11) is -3.66. The molecule has 1 amide bonds. The Labute approximate surface area is 381 Å². The number of anilines is 4. The number of carbonyl (C=O) groups is 2. The van der Waals surface area contributed by atoms with Crippen LogP contribution in [0.15, 0.2) is 73.3 Å². The summed E-state index contributed by atoms with van der Waals surface area (Å²) >= 11 is 0. The van der Waals surface area contributed by atoms with E-state index >= 15 is 0 Å². The van der Waals surface area contributed by atoms with Gasteiger partial charge in [-0.05, 0) is 122 Å². The molecule has 4 N–H and O–H groups in total. The molecule has 0 unspecified atom stereocenters. The number of hydrogen-bond acceptors (Lipinski definition) is 11. The highest BCUT2D eigenvalue weighted by atomic mass is 28.4. The lowest BCUT2D eigenvalue weighted by Gasteiger charge is -2.36. The second-order valence-electron chi connectivity index (χ2n) is 19.4. The third kappa shape index (κ3) is 16.8. The SMILES string of the molecule is C.CC(C)(C)[Si](C)(C)Oc1ccc(N)nc1.CC(C)(C)[Si](C)(C)Oc1ccc(NC(=O)CC2CCN(c3ccc(F)cn3)CC2)nc1.O=C(O)CC1CCN(c2ccc(F)cn2)CC1. The third-order valence-electron chi connectivity index (χ3n) is 12.4. The molecule has 0 atom stereocenters. The number of carboxylic acid groups (broad SMARTS) is 1. The van der Waals surface area contributed by atoms with Crippen molar-refractivity contribution in [2.24, 2.45) is 11.8 Å². The number of carboxylic acids is 1. The molecular weight excluding hydrogens is 851 g/mol. The molecule has 352 valence electrons. The van der Waals surface area contributed by atoms with Crippen molar-refractivity contribution in [2.75, 3.05) is 47.0 Å². The van der Waals surface area contributed by atoms with E-state index < -0.39 is 22.6 Å². The maximum absolute atomic E-state index is 13.0. The van der Waals surface area contributed by atoms with Crippen LogP contribution in [-0.2, 0) is 9.59 Å². The summed E-state index contributed by atoms with van der Waals surface area (Å²) in [5.74, 6) is 3.32. The van der Waals surface area contributed by atoms with Gasteiger partial charge in [-0.1, -0.05) is 49.0 Å². The lowest BCUT2D eigenvalue weighted by atomic mass is 9.93. The number of piperidine rings is 2. The van der Waals surface area contributed by atoms with E-state index in [-0.39, 0.29) is 47.4 Å². The zero-order valence-electron chi connectivity index (χ0n) is 38.8. The van der Waals surface area contributed by atoms with Crippen LogP contribution in [-0.4, -0.2) is 79.7 Å². The zero-order valence-corrected chi connectivity index (χ0v) is 40.8. The number of rotatable bonds is 11. The standard InChI is InChI=1S/C23H33FN4O2Si.C12H15FN2O2.C11H20N2OSi.CH4/c1-23(2,3)31(4,5)30-19-7-8-20(25-16-19)27-22(29)14-17-10-12-28(13-11-17)21-9-6-18(24)15-26-21;13-10-1-2-11(14-8-10)15-5-3-9(4-6-15)7-12(16)17;1-11(2,3)15(4,5)14-9-6-7-10(12)13-8-9;/h6-9,15-17H,10-14H2,1-5H3,(H,25,27,29);1-2,8-9H,3-7H2,(H,16,17);6-8H,1-5H3,(H2,12,13);1H4. The summed E-state index contributed by atoms with van der Waals surface area (Å²) in [6.07, 6.45) is 10.0. The highest BCUT2D eigenvalue weighted by Gasteiger charge is 2.40. The minimum atomic E-state index is -1.91. The van der Waals surface area contributed by atoms with Crippen molar-refractivity contribution in [1.29, 1.82) is 0 Å². The largest absolute Gasteiger partial charge is 0.542 e. The van der Waals surface area contributed by atoms with E-state index in [1.54, 1.807) is 36.7 Å². The van der Waals surface area contributed by atoms with Gasteiger partial charge in [0.25, 0.3) is 16.6 Å². The fourth-order valence-electron chi connectivity index (χ4n) is 6.41. The van der Waals surface area contributed by atoms with Crippen LogP contribution in [0.3, 0.4) is 0 Å². The first-order valence-corrected chi connectivity index (χ1v) is 27.5. The molecule has 0 bridgehead atoms. The maximum Gasteiger partial charge on any atom is 0.303 e. The molecule has 0 spiro atoms. The number of aromatic nitrogens is 4. The Morgan fingerprint density at radius 1 is 0.672 bits per heavy atom. The molecule has 2 saturated heterocycles. The summed E-state index contributed by atoms with van der Waals surface area (Å²) in [5, 5.41) is 11.9. The number of aliphatic carboxylic acids is 1. The predicted octanol–water partition coefficient (Wildman–Crippen LogP) is 10.8. The summed E-state index contributed by atoms with van der Waals surface area (Å²) in [4.78, 5) is 43.8. The van der Waals surface area contributed by atoms with Crippen molar-refractivity contribution in [2.45, 2.75) is 124 Å². The molecule has 4 aromatic rings. The lowest BCUT2D eigenvalue weighted by Crippen LogP contribution is -2.43. The van der Waals surface area contributed by atoms with Gasteiger partial charge in [0, 0.05) is 39.0 Å². The highest BCUT2D eigenvalue weighted by Crippen LogP contribution is 2.38. The Bertz CT molecular complexity index is 2030. The molecule has 6 heterocycles. The quantitative estimate of drug-likeness (QED) is 0.122. The van der Waals surface area contributed by atoms with Gasteiger partial charge >= 0.3 is 5.97 Å². The Balaban J connectivity index is 0.000000279. The van der Waals surface area contributed by atoms with Gasteiger partial charge in [0.15, 0.2) is 0 Å². The second-order valence-corrected chi connectivity index (χ2v) is 28.9. The summed E-state index contributed by atoms with van der Waals surface area (Å²) in [6.45, 7) is 25.2. The average molecular weight is 923 g/mol. The van der Waals surface area contributed by atoms with Gasteiger partial charge in [-0.15, -0.1) is 0 Å². The first kappa shape index (κ1) is 53.2. The second kappa shape index (κ2) is 23.1. The molecule has 4 aromatic heterocycles. The van der Waals surface area contributed by atoms with Crippen LogP contribution in [0.1, 0.15) is 87.5 Å². The van der Waals surface area contributed by atoms with Crippen molar-refractivity contribution in [3.05, 3.63) is 85.0 Å². The Morgan fingerprint density at radius 2 is 1.09 bits per heavy atom. The van der Waals surface area contributed by atoms with Crippen molar-refractivity contribution >= 4 is 51.8 Å². The number of nitrogens with zero attached hydrogens (tertiary/aromatic N) is 6. The van der Waals surface area contributed by atoms with Gasteiger partial charge in [0.2, 0.25) is 5.91 Å². The number of nitrogens with two attached hydrogens (primary N) is 1. The van der Waals surface area contributed by atoms with Crippen LogP contribution in [0.5, 0.6) is 11.5 Å². The number of pyridine rings is 4. The molecular formula is C47H72F2N8O5Si2. The van der Waals surface area contributed by atoms with E-state index in [1.807, 2.05) is 12.1 Å². The fraction of sp³-hybridized carbons (Fsp3) is 0.532. The maximum atomic E-state index is 13.0. The topological polar surface area (TPSA) is 169 Å². The highest BCUT2D eigenvalue weighted by molar-refractivity contribution is 6.75.